The van der Waals surface area contributed by atoms with Crippen LogP contribution < -0.4 is 19.9 Å². The number of nitrogens with zero attached hydrogens (tertiary/aromatic N) is 4. The molecule has 2 aromatic heterocycles. The summed E-state index contributed by atoms with van der Waals surface area (Å²) in [6.45, 7) is 3.56. The van der Waals surface area contributed by atoms with Gasteiger partial charge >= 0.3 is 0 Å². The van der Waals surface area contributed by atoms with E-state index in [0.717, 1.165) is 61.1 Å². The molecule has 5 aromatic rings. The van der Waals surface area contributed by atoms with Crippen molar-refractivity contribution in [2.75, 3.05) is 47.9 Å². The fourth-order valence-electron chi connectivity index (χ4n) is 6.16. The zero-order valence-electron chi connectivity index (χ0n) is 24.0. The van der Waals surface area contributed by atoms with E-state index in [1.807, 2.05) is 24.3 Å². The molecule has 1 saturated heterocycles. The van der Waals surface area contributed by atoms with Crippen LogP contribution in [-0.2, 0) is 17.6 Å². The summed E-state index contributed by atoms with van der Waals surface area (Å²) in [5.41, 5.74) is 4.40. The number of benzene rings is 3. The molecule has 44 heavy (non-hydrogen) atoms. The number of anilines is 3. The predicted molar refractivity (Wildman–Crippen MR) is 175 cm³/mol. The summed E-state index contributed by atoms with van der Waals surface area (Å²) in [6, 6.07) is 21.8. The maximum Gasteiger partial charge on any atom is 0.262 e. The van der Waals surface area contributed by atoms with Crippen LogP contribution in [0, 0.1) is 5.82 Å². The number of thiophene rings is 1. The van der Waals surface area contributed by atoms with Gasteiger partial charge in [-0.3, -0.25) is 4.79 Å². The van der Waals surface area contributed by atoms with Gasteiger partial charge in [-0.25, -0.2) is 14.4 Å². The normalized spacial score (nSPS) is 16.5. The van der Waals surface area contributed by atoms with Crippen LogP contribution in [0.3, 0.4) is 0 Å². The van der Waals surface area contributed by atoms with Crippen molar-refractivity contribution in [3.63, 3.8) is 0 Å². The molecule has 1 fully saturated rings. The van der Waals surface area contributed by atoms with Gasteiger partial charge in [-0.15, -0.1) is 11.3 Å². The van der Waals surface area contributed by atoms with Crippen molar-refractivity contribution in [2.24, 2.45) is 0 Å². The molecule has 7 rings (SSSR count). The van der Waals surface area contributed by atoms with Crippen LogP contribution >= 0.6 is 22.9 Å². The number of hydrogen-bond acceptors (Lipinski definition) is 7. The van der Waals surface area contributed by atoms with E-state index >= 15 is 0 Å². The molecule has 1 amide bonds. The Balaban J connectivity index is 0.989. The van der Waals surface area contributed by atoms with Gasteiger partial charge in [0.25, 0.3) is 5.91 Å². The third-order valence-electron chi connectivity index (χ3n) is 8.45. The summed E-state index contributed by atoms with van der Waals surface area (Å²) in [6.07, 6.45) is 4.73. The zero-order valence-corrected chi connectivity index (χ0v) is 25.6. The molecule has 10 heteroatoms. The molecule has 1 atom stereocenters. The second-order valence-corrected chi connectivity index (χ2v) is 12.7. The van der Waals surface area contributed by atoms with Crippen molar-refractivity contribution >= 4 is 56.3 Å². The molecule has 224 valence electrons. The number of fused-ring (bicyclic) bond motifs is 3. The fraction of sp³-hybridized carbons (Fsp3) is 0.265. The summed E-state index contributed by atoms with van der Waals surface area (Å²) < 4.78 is 18.8. The minimum Gasteiger partial charge on any atom is -0.484 e. The Bertz CT molecular complexity index is 1770. The van der Waals surface area contributed by atoms with Crippen molar-refractivity contribution in [3.05, 3.63) is 106 Å². The second-order valence-electron chi connectivity index (χ2n) is 11.2. The largest absolute Gasteiger partial charge is 0.484 e. The monoisotopic (exact) mass is 627 g/mol. The van der Waals surface area contributed by atoms with Crippen LogP contribution in [0.1, 0.15) is 28.3 Å². The van der Waals surface area contributed by atoms with Crippen molar-refractivity contribution in [1.82, 2.24) is 9.97 Å². The van der Waals surface area contributed by atoms with Gasteiger partial charge in [0.2, 0.25) is 0 Å². The molecule has 1 unspecified atom stereocenters. The number of ether oxygens (including phenoxy) is 1. The van der Waals surface area contributed by atoms with E-state index in [1.54, 1.807) is 17.7 Å². The zero-order chi connectivity index (χ0) is 30.0. The topological polar surface area (TPSA) is 70.6 Å². The van der Waals surface area contributed by atoms with Crippen LogP contribution in [0.2, 0.25) is 5.02 Å². The van der Waals surface area contributed by atoms with Crippen LogP contribution in [0.25, 0.3) is 10.2 Å². The van der Waals surface area contributed by atoms with E-state index in [9.17, 15) is 9.18 Å². The molecule has 3 heterocycles. The van der Waals surface area contributed by atoms with Gasteiger partial charge in [-0.2, -0.15) is 0 Å². The van der Waals surface area contributed by atoms with Crippen molar-refractivity contribution in [2.45, 2.75) is 25.2 Å². The molecule has 0 spiro atoms. The average Bonchev–Trinajstić information content (AvgIpc) is 3.44. The van der Waals surface area contributed by atoms with E-state index in [1.165, 1.54) is 51.3 Å². The second kappa shape index (κ2) is 12.4. The highest BCUT2D eigenvalue weighted by Crippen LogP contribution is 2.43. The van der Waals surface area contributed by atoms with Gasteiger partial charge in [-0.05, 0) is 97.0 Å². The first-order chi connectivity index (χ1) is 21.5. The number of aryl methyl sites for hydroxylation is 1. The molecule has 3 aromatic carbocycles. The summed E-state index contributed by atoms with van der Waals surface area (Å²) in [7, 11) is 0. The Morgan fingerprint density at radius 3 is 2.43 bits per heavy atom. The van der Waals surface area contributed by atoms with Crippen LogP contribution in [0.4, 0.5) is 21.6 Å². The van der Waals surface area contributed by atoms with E-state index in [2.05, 4.69) is 44.4 Å². The number of carbonyl (C=O) groups excluding carboxylic acids is 1. The lowest BCUT2D eigenvalue weighted by molar-refractivity contribution is -0.118. The Labute approximate surface area is 264 Å². The number of piperazine rings is 1. The smallest absolute Gasteiger partial charge is 0.262 e. The van der Waals surface area contributed by atoms with Gasteiger partial charge in [0.05, 0.1) is 5.39 Å². The van der Waals surface area contributed by atoms with E-state index in [4.69, 9.17) is 21.3 Å². The third kappa shape index (κ3) is 6.07. The molecule has 7 nitrogen and oxygen atoms in total. The van der Waals surface area contributed by atoms with E-state index < -0.39 is 0 Å². The number of amides is 1. The first-order valence-electron chi connectivity index (χ1n) is 14.8. The number of halogens is 2. The number of nitrogens with one attached hydrogen (secondary N) is 1. The average molecular weight is 628 g/mol. The van der Waals surface area contributed by atoms with Crippen molar-refractivity contribution in [3.8, 4) is 5.75 Å². The quantitative estimate of drug-likeness (QED) is 0.208. The van der Waals surface area contributed by atoms with Gasteiger partial charge in [0.15, 0.2) is 6.61 Å². The van der Waals surface area contributed by atoms with Gasteiger partial charge < -0.3 is 19.9 Å². The first-order valence-corrected chi connectivity index (χ1v) is 16.0. The summed E-state index contributed by atoms with van der Waals surface area (Å²) in [5.74, 6) is 1.46. The van der Waals surface area contributed by atoms with E-state index in [0.29, 0.717) is 17.4 Å². The van der Waals surface area contributed by atoms with Crippen LogP contribution in [0.5, 0.6) is 5.75 Å². The highest BCUT2D eigenvalue weighted by Gasteiger charge is 2.28. The SMILES string of the molecule is O=C(COc1ccc(C2CCc3c(sc4ncnc(N5CCN(c6ccc(Cl)cc6)CC5)c34)C2)cc1)Nc1ccc(F)cc1. The van der Waals surface area contributed by atoms with Gasteiger partial charge in [0, 0.05) is 47.5 Å². The van der Waals surface area contributed by atoms with Crippen molar-refractivity contribution < 1.29 is 13.9 Å². The minimum atomic E-state index is -0.348. The first kappa shape index (κ1) is 28.6. The Kier molecular flexibility index (Phi) is 8.06. The molecular formula is C34H31ClFN5O2S. The molecule has 0 radical (unpaired) electrons. The lowest BCUT2D eigenvalue weighted by Gasteiger charge is -2.37. The number of hydrogen-bond donors (Lipinski definition) is 1. The lowest BCUT2D eigenvalue weighted by Crippen LogP contribution is -2.47. The summed E-state index contributed by atoms with van der Waals surface area (Å²) >= 11 is 7.89. The highest BCUT2D eigenvalue weighted by molar-refractivity contribution is 7.19. The number of rotatable bonds is 7. The molecule has 1 aliphatic carbocycles. The summed E-state index contributed by atoms with van der Waals surface area (Å²) in [4.78, 5) is 29.0. The highest BCUT2D eigenvalue weighted by atomic mass is 35.5. The predicted octanol–water partition coefficient (Wildman–Crippen LogP) is 7.10. The Morgan fingerprint density at radius 2 is 1.68 bits per heavy atom. The summed E-state index contributed by atoms with van der Waals surface area (Å²) in [5, 5.41) is 4.70. The number of carbonyl (C=O) groups is 1. The molecule has 1 N–H and O–H groups in total. The Morgan fingerprint density at radius 1 is 0.955 bits per heavy atom. The molecule has 2 aliphatic rings. The maximum atomic E-state index is 13.1. The molecule has 0 saturated carbocycles. The van der Waals surface area contributed by atoms with Crippen LogP contribution in [-0.4, -0.2) is 48.7 Å². The number of aromatic nitrogens is 2. The van der Waals surface area contributed by atoms with Crippen molar-refractivity contribution in [1.29, 1.82) is 0 Å². The minimum absolute atomic E-state index is 0.120. The maximum absolute atomic E-state index is 13.1. The molecular weight excluding hydrogens is 597 g/mol. The standard InChI is InChI=1S/C34H31ClFN5O2S/c35-24-4-10-27(11-5-24)40-15-17-41(18-16-40)33-32-29-14-3-23(19-30(29)44-34(32)38-21-37-33)22-1-12-28(13-2-22)43-20-31(42)39-26-8-6-25(36)7-9-26/h1-2,4-13,21,23H,3,14-20H2,(H,39,42). The third-order valence-corrected chi connectivity index (χ3v) is 9.86. The lowest BCUT2D eigenvalue weighted by atomic mass is 9.83. The van der Waals surface area contributed by atoms with Crippen LogP contribution in [0.15, 0.2) is 79.1 Å². The van der Waals surface area contributed by atoms with E-state index in [-0.39, 0.29) is 18.3 Å². The van der Waals surface area contributed by atoms with Gasteiger partial charge in [0.1, 0.15) is 28.5 Å². The molecule has 1 aliphatic heterocycles. The Hall–Kier alpha value is -4.21. The fourth-order valence-corrected chi connectivity index (χ4v) is 7.55. The van der Waals surface area contributed by atoms with Gasteiger partial charge in [-0.1, -0.05) is 23.7 Å². The molecule has 0 bridgehead atoms.